The van der Waals surface area contributed by atoms with Gasteiger partial charge in [-0.1, -0.05) is 56.3 Å². The molecule has 0 aliphatic carbocycles. The zero-order valence-corrected chi connectivity index (χ0v) is 24.5. The van der Waals surface area contributed by atoms with Gasteiger partial charge in [0.15, 0.2) is 17.5 Å². The van der Waals surface area contributed by atoms with Crippen LogP contribution in [0.25, 0.3) is 10.9 Å². The Morgan fingerprint density at radius 2 is 1.66 bits per heavy atom. The minimum absolute atomic E-state index is 0.117. The van der Waals surface area contributed by atoms with Gasteiger partial charge in [0.25, 0.3) is 0 Å². The van der Waals surface area contributed by atoms with Crippen molar-refractivity contribution in [3.05, 3.63) is 111 Å². The average Bonchev–Trinajstić information content (AvgIpc) is 3.53. The van der Waals surface area contributed by atoms with Gasteiger partial charge in [0.2, 0.25) is 0 Å². The summed E-state index contributed by atoms with van der Waals surface area (Å²) in [5, 5.41) is 0.117. The quantitative estimate of drug-likeness (QED) is 0.265. The van der Waals surface area contributed by atoms with E-state index in [9.17, 15) is 18.0 Å². The number of nitrogens with zero attached hydrogens (tertiary/aromatic N) is 3. The molecule has 0 radical (unpaired) electrons. The van der Waals surface area contributed by atoms with Crippen LogP contribution >= 0.6 is 0 Å². The Kier molecular flexibility index (Phi) is 7.71. The second-order valence-corrected chi connectivity index (χ2v) is 11.6. The number of halogens is 4. The zero-order chi connectivity index (χ0) is 31.2. The number of pyridine rings is 1. The first-order valence-electron chi connectivity index (χ1n) is 14.4. The normalized spacial score (nSPS) is 18.3. The van der Waals surface area contributed by atoms with E-state index in [0.29, 0.717) is 43.1 Å². The molecule has 2 aliphatic heterocycles. The van der Waals surface area contributed by atoms with E-state index in [2.05, 4.69) is 5.48 Å². The average molecular weight is 609 g/mol. The van der Waals surface area contributed by atoms with Gasteiger partial charge in [-0.2, -0.15) is 13.2 Å². The predicted molar refractivity (Wildman–Crippen MR) is 160 cm³/mol. The van der Waals surface area contributed by atoms with Crippen LogP contribution in [0.1, 0.15) is 49.1 Å². The minimum atomic E-state index is -4.47. The summed E-state index contributed by atoms with van der Waals surface area (Å²) < 4.78 is 62.7. The van der Waals surface area contributed by atoms with Gasteiger partial charge in [0.05, 0.1) is 41.6 Å². The number of aromatic nitrogens is 1. The SMILES string of the molecule is CC(c1ccc(C(F)(F)F)cc1)n1cc(C2=NC(C(C)(C)c3ccccc3)ON2)c(=O)c2cc(F)c(N3CCOCC3)cc21. The predicted octanol–water partition coefficient (Wildman–Crippen LogP) is 6.19. The maximum Gasteiger partial charge on any atom is 0.416 e. The minimum Gasteiger partial charge on any atom is -0.378 e. The van der Waals surface area contributed by atoms with E-state index in [1.807, 2.05) is 56.0 Å². The number of ether oxygens (including phenoxy) is 1. The molecule has 6 rings (SSSR count). The van der Waals surface area contributed by atoms with Crippen LogP contribution < -0.4 is 15.8 Å². The molecule has 1 saturated heterocycles. The van der Waals surface area contributed by atoms with Gasteiger partial charge >= 0.3 is 6.18 Å². The highest BCUT2D eigenvalue weighted by atomic mass is 19.4. The molecule has 11 heteroatoms. The number of benzene rings is 3. The summed E-state index contributed by atoms with van der Waals surface area (Å²) in [6, 6.07) is 16.9. The van der Waals surface area contributed by atoms with Crippen LogP contribution in [0.5, 0.6) is 0 Å². The molecule has 3 aromatic carbocycles. The first-order chi connectivity index (χ1) is 20.9. The smallest absolute Gasteiger partial charge is 0.378 e. The van der Waals surface area contributed by atoms with Gasteiger partial charge in [-0.25, -0.2) is 19.7 Å². The molecule has 2 atom stereocenters. The summed E-state index contributed by atoms with van der Waals surface area (Å²) in [6.07, 6.45) is -3.53. The standard InChI is InChI=1S/C33H32F4N4O3/c1-20(21-9-11-23(12-10-21)33(35,36)37)41-19-25(30-38-31(44-39-30)32(2,3)22-7-5-4-6-8-22)29(42)24-17-26(34)28(18-27(24)41)40-13-15-43-16-14-40/h4-12,17-20,31H,13-16H2,1-3H3,(H,38,39). The third-order valence-corrected chi connectivity index (χ3v) is 8.49. The lowest BCUT2D eigenvalue weighted by atomic mass is 9.83. The summed E-state index contributed by atoms with van der Waals surface area (Å²) in [5.41, 5.74) is 3.52. The lowest BCUT2D eigenvalue weighted by molar-refractivity contribution is -0.137. The molecule has 1 aromatic heterocycles. The summed E-state index contributed by atoms with van der Waals surface area (Å²) in [5.74, 6) is -0.361. The number of morpholine rings is 1. The number of anilines is 1. The number of aliphatic imine (C=N–C) groups is 1. The van der Waals surface area contributed by atoms with E-state index in [4.69, 9.17) is 14.6 Å². The molecule has 2 unspecified atom stereocenters. The van der Waals surface area contributed by atoms with Crippen LogP contribution in [-0.2, 0) is 21.2 Å². The molecule has 3 heterocycles. The summed E-state index contributed by atoms with van der Waals surface area (Å²) in [4.78, 5) is 26.4. The van der Waals surface area contributed by atoms with Crippen LogP contribution in [0.3, 0.4) is 0 Å². The van der Waals surface area contributed by atoms with Gasteiger partial charge in [-0.15, -0.1) is 0 Å². The second-order valence-electron chi connectivity index (χ2n) is 11.6. The fourth-order valence-corrected chi connectivity index (χ4v) is 5.73. The van der Waals surface area contributed by atoms with Gasteiger partial charge < -0.3 is 14.2 Å². The number of hydroxylamine groups is 1. The van der Waals surface area contributed by atoms with E-state index in [1.54, 1.807) is 16.8 Å². The highest BCUT2D eigenvalue weighted by Crippen LogP contribution is 2.34. The third kappa shape index (κ3) is 5.46. The van der Waals surface area contributed by atoms with Crippen molar-refractivity contribution in [3.63, 3.8) is 0 Å². The summed E-state index contributed by atoms with van der Waals surface area (Å²) in [7, 11) is 0. The van der Waals surface area contributed by atoms with Crippen molar-refractivity contribution >= 4 is 22.4 Å². The monoisotopic (exact) mass is 608 g/mol. The maximum atomic E-state index is 15.6. The molecule has 0 saturated carbocycles. The fourth-order valence-electron chi connectivity index (χ4n) is 5.73. The molecule has 1 fully saturated rings. The van der Waals surface area contributed by atoms with E-state index in [1.165, 1.54) is 18.2 Å². The van der Waals surface area contributed by atoms with E-state index >= 15 is 4.39 Å². The largest absolute Gasteiger partial charge is 0.416 e. The number of rotatable bonds is 6. The van der Waals surface area contributed by atoms with Crippen LogP contribution in [-0.4, -0.2) is 42.9 Å². The van der Waals surface area contributed by atoms with E-state index < -0.39 is 40.7 Å². The number of hydrogen-bond donors (Lipinski definition) is 1. The van der Waals surface area contributed by atoms with Crippen molar-refractivity contribution in [2.24, 2.45) is 4.99 Å². The van der Waals surface area contributed by atoms with Crippen molar-refractivity contribution in [2.75, 3.05) is 31.2 Å². The molecule has 0 bridgehead atoms. The van der Waals surface area contributed by atoms with E-state index in [0.717, 1.165) is 17.7 Å². The Hall–Kier alpha value is -4.22. The topological polar surface area (TPSA) is 68.1 Å². The number of amidine groups is 1. The van der Waals surface area contributed by atoms with Gasteiger partial charge in [0, 0.05) is 30.1 Å². The molecule has 4 aromatic rings. The molecule has 0 amide bonds. The third-order valence-electron chi connectivity index (χ3n) is 8.49. The first kappa shape index (κ1) is 29.8. The van der Waals surface area contributed by atoms with Crippen LogP contribution in [0, 0.1) is 5.82 Å². The van der Waals surface area contributed by atoms with Crippen LogP contribution in [0.4, 0.5) is 23.2 Å². The Balaban J connectivity index is 1.49. The first-order valence-corrected chi connectivity index (χ1v) is 14.4. The number of alkyl halides is 3. The Morgan fingerprint density at radius 3 is 2.32 bits per heavy atom. The van der Waals surface area contributed by atoms with E-state index in [-0.39, 0.29) is 16.8 Å². The fraction of sp³-hybridized carbons (Fsp3) is 0.333. The summed E-state index contributed by atoms with van der Waals surface area (Å²) in [6.45, 7) is 7.62. The van der Waals surface area contributed by atoms with Crippen LogP contribution in [0.2, 0.25) is 0 Å². The lowest BCUT2D eigenvalue weighted by Gasteiger charge is -2.30. The Morgan fingerprint density at radius 1 is 0.977 bits per heavy atom. The highest BCUT2D eigenvalue weighted by Gasteiger charge is 2.37. The second kappa shape index (κ2) is 11.4. The zero-order valence-electron chi connectivity index (χ0n) is 24.5. The number of hydrogen-bond acceptors (Lipinski definition) is 6. The molecule has 7 nitrogen and oxygen atoms in total. The highest BCUT2D eigenvalue weighted by molar-refractivity contribution is 6.01. The maximum absolute atomic E-state index is 15.6. The lowest BCUT2D eigenvalue weighted by Crippen LogP contribution is -2.37. The molecule has 230 valence electrons. The van der Waals surface area contributed by atoms with Gasteiger partial charge in [0.1, 0.15) is 5.82 Å². The van der Waals surface area contributed by atoms with Crippen molar-refractivity contribution in [1.82, 2.24) is 10.0 Å². The molecular weight excluding hydrogens is 576 g/mol. The van der Waals surface area contributed by atoms with Gasteiger partial charge in [-0.05, 0) is 42.3 Å². The Labute approximate surface area is 251 Å². The molecule has 1 N–H and O–H groups in total. The number of nitrogens with one attached hydrogen (secondary N) is 1. The van der Waals surface area contributed by atoms with Crippen molar-refractivity contribution < 1.29 is 27.1 Å². The number of fused-ring (bicyclic) bond motifs is 1. The van der Waals surface area contributed by atoms with Crippen molar-refractivity contribution in [3.8, 4) is 0 Å². The van der Waals surface area contributed by atoms with Gasteiger partial charge in [-0.3, -0.25) is 4.79 Å². The summed E-state index contributed by atoms with van der Waals surface area (Å²) >= 11 is 0. The van der Waals surface area contributed by atoms with Crippen LogP contribution in [0.15, 0.2) is 82.7 Å². The molecule has 44 heavy (non-hydrogen) atoms. The molecule has 2 aliphatic rings. The van der Waals surface area contributed by atoms with Crippen molar-refractivity contribution in [2.45, 2.75) is 44.6 Å². The molecular formula is C33H32F4N4O3. The Bertz CT molecular complexity index is 1760. The molecule has 0 spiro atoms. The van der Waals surface area contributed by atoms with Crippen molar-refractivity contribution in [1.29, 1.82) is 0 Å².